The highest BCUT2D eigenvalue weighted by atomic mass is 35.5. The first-order valence-electron chi connectivity index (χ1n) is 8.53. The Morgan fingerprint density at radius 1 is 1.31 bits per heavy atom. The Balaban J connectivity index is 0.00000196. The van der Waals surface area contributed by atoms with Crippen LogP contribution in [0.5, 0.6) is 5.75 Å². The zero-order valence-electron chi connectivity index (χ0n) is 14.0. The molecule has 0 amide bonds. The summed E-state index contributed by atoms with van der Waals surface area (Å²) in [7, 11) is 0. The lowest BCUT2D eigenvalue weighted by atomic mass is 10.1. The van der Waals surface area contributed by atoms with Crippen molar-refractivity contribution >= 4 is 29.3 Å². The highest BCUT2D eigenvalue weighted by molar-refractivity contribution is 5.93. The number of carboxylic acids is 1. The standard InChI is InChI=1S/C18H19FN2O4.ClH/c19-14-6-12-15(7-16(14)25-11-2-1-5-20-8-11)21(10-3-4-10)9-13(17(12)22)18(23)24;/h6-7,9-11,20H,1-5,8H2,(H,23,24);1H. The molecule has 4 rings (SSSR count). The van der Waals surface area contributed by atoms with Crippen molar-refractivity contribution in [3.63, 3.8) is 0 Å². The van der Waals surface area contributed by atoms with Gasteiger partial charge in [0.2, 0.25) is 5.43 Å². The number of aromatic nitrogens is 1. The molecule has 140 valence electrons. The average molecular weight is 383 g/mol. The van der Waals surface area contributed by atoms with Crippen molar-refractivity contribution in [3.8, 4) is 5.75 Å². The maximum Gasteiger partial charge on any atom is 0.341 e. The van der Waals surface area contributed by atoms with E-state index in [1.807, 2.05) is 0 Å². The molecule has 6 nitrogen and oxygen atoms in total. The zero-order chi connectivity index (χ0) is 17.6. The molecule has 1 aromatic heterocycles. The fraction of sp³-hybridized carbons (Fsp3) is 0.444. The number of halogens is 2. The Kier molecular flexibility index (Phi) is 5.20. The number of hydrogen-bond donors (Lipinski definition) is 2. The maximum absolute atomic E-state index is 14.5. The maximum atomic E-state index is 14.5. The number of fused-ring (bicyclic) bond motifs is 1. The topological polar surface area (TPSA) is 80.6 Å². The van der Waals surface area contributed by atoms with Crippen molar-refractivity contribution in [3.05, 3.63) is 39.9 Å². The summed E-state index contributed by atoms with van der Waals surface area (Å²) in [4.78, 5) is 23.7. The van der Waals surface area contributed by atoms with Crippen LogP contribution in [0, 0.1) is 5.82 Å². The molecule has 2 heterocycles. The Hall–Kier alpha value is -2.12. The SMILES string of the molecule is Cl.O=C(O)c1cn(C2CC2)c2cc(OC3CCCNC3)c(F)cc2c1=O. The molecule has 8 heteroatoms. The predicted molar refractivity (Wildman–Crippen MR) is 97.2 cm³/mol. The van der Waals surface area contributed by atoms with E-state index < -0.39 is 17.2 Å². The number of benzene rings is 1. The summed E-state index contributed by atoms with van der Waals surface area (Å²) >= 11 is 0. The summed E-state index contributed by atoms with van der Waals surface area (Å²) < 4.78 is 22.1. The van der Waals surface area contributed by atoms with Crippen molar-refractivity contribution in [1.29, 1.82) is 0 Å². The van der Waals surface area contributed by atoms with Crippen LogP contribution >= 0.6 is 12.4 Å². The number of nitrogens with one attached hydrogen (secondary N) is 1. The molecular formula is C18H20ClFN2O4. The second-order valence-corrected chi connectivity index (χ2v) is 6.70. The van der Waals surface area contributed by atoms with Crippen molar-refractivity contribution in [2.24, 2.45) is 0 Å². The van der Waals surface area contributed by atoms with Crippen molar-refractivity contribution in [2.45, 2.75) is 37.8 Å². The van der Waals surface area contributed by atoms with E-state index in [1.54, 1.807) is 4.57 Å². The summed E-state index contributed by atoms with van der Waals surface area (Å²) in [6, 6.07) is 2.79. The predicted octanol–water partition coefficient (Wildman–Crippen LogP) is 2.73. The monoisotopic (exact) mass is 382 g/mol. The molecule has 2 fully saturated rings. The van der Waals surface area contributed by atoms with Gasteiger partial charge in [0.1, 0.15) is 11.7 Å². The first-order valence-corrected chi connectivity index (χ1v) is 8.53. The van der Waals surface area contributed by atoms with Crippen LogP contribution in [0.25, 0.3) is 10.9 Å². The quantitative estimate of drug-likeness (QED) is 0.849. The lowest BCUT2D eigenvalue weighted by Gasteiger charge is -2.24. The molecule has 1 aromatic carbocycles. The number of rotatable bonds is 4. The van der Waals surface area contributed by atoms with Gasteiger partial charge in [0.15, 0.2) is 11.6 Å². The van der Waals surface area contributed by atoms with Crippen LogP contribution in [0.2, 0.25) is 0 Å². The Labute approximate surface area is 155 Å². The van der Waals surface area contributed by atoms with E-state index in [4.69, 9.17) is 4.74 Å². The number of piperidine rings is 1. The number of hydrogen-bond acceptors (Lipinski definition) is 4. The molecular weight excluding hydrogens is 363 g/mol. The van der Waals surface area contributed by atoms with E-state index in [9.17, 15) is 19.1 Å². The van der Waals surface area contributed by atoms with Gasteiger partial charge in [-0.2, -0.15) is 0 Å². The number of ether oxygens (including phenoxy) is 1. The van der Waals surface area contributed by atoms with E-state index in [0.717, 1.165) is 38.3 Å². The molecule has 1 aliphatic carbocycles. The first-order chi connectivity index (χ1) is 12.0. The average Bonchev–Trinajstić information content (AvgIpc) is 3.42. The van der Waals surface area contributed by atoms with Crippen molar-refractivity contribution in [2.75, 3.05) is 13.1 Å². The molecule has 0 bridgehead atoms. The van der Waals surface area contributed by atoms with E-state index in [-0.39, 0.29) is 41.3 Å². The number of carbonyl (C=O) groups is 1. The third kappa shape index (κ3) is 3.41. The highest BCUT2D eigenvalue weighted by Crippen LogP contribution is 2.38. The Morgan fingerprint density at radius 2 is 2.08 bits per heavy atom. The summed E-state index contributed by atoms with van der Waals surface area (Å²) in [5, 5.41) is 12.5. The van der Waals surface area contributed by atoms with Crippen LogP contribution in [0.4, 0.5) is 4.39 Å². The molecule has 1 saturated carbocycles. The van der Waals surface area contributed by atoms with Gasteiger partial charge in [0.25, 0.3) is 0 Å². The van der Waals surface area contributed by atoms with Crippen LogP contribution in [-0.2, 0) is 0 Å². The number of aromatic carboxylic acids is 1. The lowest BCUT2D eigenvalue weighted by Crippen LogP contribution is -2.37. The third-order valence-corrected chi connectivity index (χ3v) is 4.80. The summed E-state index contributed by atoms with van der Waals surface area (Å²) in [6.45, 7) is 1.59. The number of pyridine rings is 1. The van der Waals surface area contributed by atoms with Gasteiger partial charge in [0, 0.05) is 30.2 Å². The van der Waals surface area contributed by atoms with E-state index in [0.29, 0.717) is 12.1 Å². The van der Waals surface area contributed by atoms with Gasteiger partial charge in [-0.25, -0.2) is 9.18 Å². The van der Waals surface area contributed by atoms with E-state index in [1.165, 1.54) is 12.3 Å². The Bertz CT molecular complexity index is 904. The third-order valence-electron chi connectivity index (χ3n) is 4.80. The second-order valence-electron chi connectivity index (χ2n) is 6.70. The smallest absolute Gasteiger partial charge is 0.341 e. The van der Waals surface area contributed by atoms with Crippen LogP contribution < -0.4 is 15.5 Å². The second kappa shape index (κ2) is 7.25. The van der Waals surface area contributed by atoms with Crippen LogP contribution in [0.1, 0.15) is 42.1 Å². The molecule has 0 radical (unpaired) electrons. The van der Waals surface area contributed by atoms with Gasteiger partial charge >= 0.3 is 5.97 Å². The fourth-order valence-corrected chi connectivity index (χ4v) is 3.35. The van der Waals surface area contributed by atoms with E-state index in [2.05, 4.69) is 5.32 Å². The Morgan fingerprint density at radius 3 is 2.69 bits per heavy atom. The number of nitrogens with zero attached hydrogens (tertiary/aromatic N) is 1. The van der Waals surface area contributed by atoms with Crippen molar-refractivity contribution in [1.82, 2.24) is 9.88 Å². The lowest BCUT2D eigenvalue weighted by molar-refractivity contribution is 0.0695. The molecule has 1 atom stereocenters. The minimum atomic E-state index is -1.30. The van der Waals surface area contributed by atoms with Gasteiger partial charge in [0.05, 0.1) is 5.52 Å². The largest absolute Gasteiger partial charge is 0.486 e. The van der Waals surface area contributed by atoms with Gasteiger partial charge in [-0.3, -0.25) is 4.79 Å². The number of carboxylic acid groups (broad SMARTS) is 1. The fourth-order valence-electron chi connectivity index (χ4n) is 3.35. The van der Waals surface area contributed by atoms with Crippen molar-refractivity contribution < 1.29 is 19.0 Å². The molecule has 26 heavy (non-hydrogen) atoms. The minimum absolute atomic E-state index is 0. The highest BCUT2D eigenvalue weighted by Gasteiger charge is 2.28. The molecule has 1 unspecified atom stereocenters. The molecule has 2 aromatic rings. The first kappa shape index (κ1) is 18.7. The van der Waals surface area contributed by atoms with Gasteiger partial charge in [-0.1, -0.05) is 0 Å². The molecule has 1 saturated heterocycles. The van der Waals surface area contributed by atoms with Gasteiger partial charge < -0.3 is 19.7 Å². The molecule has 2 aliphatic rings. The van der Waals surface area contributed by atoms with Crippen LogP contribution in [0.3, 0.4) is 0 Å². The van der Waals surface area contributed by atoms with Crippen LogP contribution in [-0.4, -0.2) is 34.8 Å². The molecule has 1 aliphatic heterocycles. The summed E-state index contributed by atoms with van der Waals surface area (Å²) in [6.07, 6.45) is 4.90. The summed E-state index contributed by atoms with van der Waals surface area (Å²) in [5.41, 5.74) is -0.467. The minimum Gasteiger partial charge on any atom is -0.486 e. The van der Waals surface area contributed by atoms with Crippen LogP contribution in [0.15, 0.2) is 23.1 Å². The van der Waals surface area contributed by atoms with Gasteiger partial charge in [-0.05, 0) is 38.3 Å². The molecule has 0 spiro atoms. The summed E-state index contributed by atoms with van der Waals surface area (Å²) in [5.74, 6) is -1.83. The van der Waals surface area contributed by atoms with Gasteiger partial charge in [-0.15, -0.1) is 12.4 Å². The molecule has 2 N–H and O–H groups in total. The zero-order valence-corrected chi connectivity index (χ0v) is 14.9. The normalized spacial score (nSPS) is 19.8. The van der Waals surface area contributed by atoms with E-state index >= 15 is 0 Å².